The van der Waals surface area contributed by atoms with E-state index in [0.717, 1.165) is 17.1 Å². The summed E-state index contributed by atoms with van der Waals surface area (Å²) in [5, 5.41) is 9.22. The van der Waals surface area contributed by atoms with E-state index >= 15 is 0 Å². The number of benzene rings is 1. The highest BCUT2D eigenvalue weighted by Crippen LogP contribution is 2.24. The molecule has 7 heteroatoms. The molecule has 26 heavy (non-hydrogen) atoms. The molecule has 0 unspecified atom stereocenters. The highest BCUT2D eigenvalue weighted by atomic mass is 32.2. The predicted octanol–water partition coefficient (Wildman–Crippen LogP) is 3.28. The normalized spacial score (nSPS) is 10.5. The topological polar surface area (TPSA) is 63.9 Å². The van der Waals surface area contributed by atoms with E-state index in [0.29, 0.717) is 11.7 Å². The van der Waals surface area contributed by atoms with Gasteiger partial charge in [0.05, 0.1) is 5.75 Å². The van der Waals surface area contributed by atoms with Gasteiger partial charge in [-0.15, -0.1) is 16.8 Å². The van der Waals surface area contributed by atoms with E-state index in [1.165, 1.54) is 11.8 Å². The highest BCUT2D eigenvalue weighted by Gasteiger charge is 2.17. The van der Waals surface area contributed by atoms with Crippen LogP contribution in [-0.4, -0.2) is 38.5 Å². The summed E-state index contributed by atoms with van der Waals surface area (Å²) < 4.78 is 1.95. The third-order valence-electron chi connectivity index (χ3n) is 3.81. The first-order chi connectivity index (χ1) is 12.7. The Balaban J connectivity index is 1.75. The molecule has 0 N–H and O–H groups in total. The number of amides is 1. The lowest BCUT2D eigenvalue weighted by Gasteiger charge is -2.16. The molecule has 2 aromatic heterocycles. The summed E-state index contributed by atoms with van der Waals surface area (Å²) in [6, 6.07) is 13.3. The van der Waals surface area contributed by atoms with Crippen molar-refractivity contribution in [3.8, 4) is 11.4 Å². The molecule has 0 aliphatic rings. The second-order valence-corrected chi connectivity index (χ2v) is 6.46. The Morgan fingerprint density at radius 1 is 1.19 bits per heavy atom. The van der Waals surface area contributed by atoms with Crippen molar-refractivity contribution in [2.45, 2.75) is 11.7 Å². The second-order valence-electron chi connectivity index (χ2n) is 5.52. The van der Waals surface area contributed by atoms with Crippen LogP contribution in [0.25, 0.3) is 11.4 Å². The van der Waals surface area contributed by atoms with Crippen molar-refractivity contribution in [3.63, 3.8) is 0 Å². The molecule has 0 saturated carbocycles. The minimum atomic E-state index is -0.000172. The van der Waals surface area contributed by atoms with Crippen molar-refractivity contribution >= 4 is 23.4 Å². The maximum atomic E-state index is 12.5. The molecule has 3 rings (SSSR count). The monoisotopic (exact) mass is 365 g/mol. The average molecular weight is 365 g/mol. The zero-order valence-electron chi connectivity index (χ0n) is 14.4. The summed E-state index contributed by atoms with van der Waals surface area (Å²) in [6.45, 7) is 4.37. The van der Waals surface area contributed by atoms with E-state index in [4.69, 9.17) is 0 Å². The zero-order chi connectivity index (χ0) is 18.4. The smallest absolute Gasteiger partial charge is 0.237 e. The van der Waals surface area contributed by atoms with Crippen LogP contribution in [0.3, 0.4) is 0 Å². The fourth-order valence-electron chi connectivity index (χ4n) is 2.42. The number of hydrogen-bond donors (Lipinski definition) is 0. The van der Waals surface area contributed by atoms with Crippen molar-refractivity contribution in [1.82, 2.24) is 19.7 Å². The number of rotatable bonds is 7. The lowest BCUT2D eigenvalue weighted by Crippen LogP contribution is -2.27. The first-order valence-corrected chi connectivity index (χ1v) is 9.08. The van der Waals surface area contributed by atoms with Crippen LogP contribution in [0, 0.1) is 0 Å². The highest BCUT2D eigenvalue weighted by molar-refractivity contribution is 7.99. The van der Waals surface area contributed by atoms with Gasteiger partial charge in [-0.05, 0) is 24.3 Å². The van der Waals surface area contributed by atoms with Crippen LogP contribution in [-0.2, 0) is 11.3 Å². The fourth-order valence-corrected chi connectivity index (χ4v) is 3.28. The standard InChI is InChI=1S/C19H19N5OS/c1-3-13-24-18(15-9-11-20-12-10-15)21-22-19(24)26-14-17(25)23(2)16-7-5-4-6-8-16/h3-12H,1,13-14H2,2H3. The minimum absolute atomic E-state index is 0.000172. The number of para-hydroxylation sites is 1. The maximum absolute atomic E-state index is 12.5. The molecule has 6 nitrogen and oxygen atoms in total. The van der Waals surface area contributed by atoms with Gasteiger partial charge in [-0.3, -0.25) is 14.3 Å². The van der Waals surface area contributed by atoms with Gasteiger partial charge in [0.25, 0.3) is 0 Å². The maximum Gasteiger partial charge on any atom is 0.237 e. The van der Waals surface area contributed by atoms with Crippen LogP contribution in [0.5, 0.6) is 0 Å². The van der Waals surface area contributed by atoms with E-state index in [9.17, 15) is 4.79 Å². The van der Waals surface area contributed by atoms with Gasteiger partial charge in [0.15, 0.2) is 11.0 Å². The van der Waals surface area contributed by atoms with Gasteiger partial charge in [-0.25, -0.2) is 0 Å². The number of aromatic nitrogens is 4. The fraction of sp³-hybridized carbons (Fsp3) is 0.158. The molecule has 0 atom stereocenters. The summed E-state index contributed by atoms with van der Waals surface area (Å²) in [4.78, 5) is 18.2. The van der Waals surface area contributed by atoms with E-state index in [1.54, 1.807) is 30.4 Å². The molecule has 0 fully saturated rings. The molecule has 132 valence electrons. The molecule has 0 radical (unpaired) electrons. The van der Waals surface area contributed by atoms with E-state index < -0.39 is 0 Å². The SMILES string of the molecule is C=CCn1c(SCC(=O)N(C)c2ccccc2)nnc1-c1ccncc1. The first-order valence-electron chi connectivity index (χ1n) is 8.09. The molecular weight excluding hydrogens is 346 g/mol. The molecule has 0 bridgehead atoms. The zero-order valence-corrected chi connectivity index (χ0v) is 15.3. The minimum Gasteiger partial charge on any atom is -0.315 e. The summed E-state index contributed by atoms with van der Waals surface area (Å²) in [5.74, 6) is 1.01. The number of carbonyl (C=O) groups is 1. The number of allylic oxidation sites excluding steroid dienone is 1. The summed E-state index contributed by atoms with van der Waals surface area (Å²) in [6.07, 6.45) is 5.22. The van der Waals surface area contributed by atoms with Crippen molar-refractivity contribution in [2.75, 3.05) is 17.7 Å². The summed E-state index contributed by atoms with van der Waals surface area (Å²) in [7, 11) is 1.77. The number of hydrogen-bond acceptors (Lipinski definition) is 5. The molecule has 0 aliphatic heterocycles. The lowest BCUT2D eigenvalue weighted by atomic mass is 10.2. The molecule has 0 aliphatic carbocycles. The molecule has 0 spiro atoms. The van der Waals surface area contributed by atoms with Gasteiger partial charge in [0.1, 0.15) is 0 Å². The Hall–Kier alpha value is -2.93. The van der Waals surface area contributed by atoms with Crippen LogP contribution in [0.4, 0.5) is 5.69 Å². The van der Waals surface area contributed by atoms with Gasteiger partial charge < -0.3 is 4.90 Å². The third-order valence-corrected chi connectivity index (χ3v) is 4.76. The molecule has 1 aromatic carbocycles. The summed E-state index contributed by atoms with van der Waals surface area (Å²) >= 11 is 1.37. The molecular formula is C19H19N5OS. The lowest BCUT2D eigenvalue weighted by molar-refractivity contribution is -0.115. The largest absolute Gasteiger partial charge is 0.315 e. The number of pyridine rings is 1. The Morgan fingerprint density at radius 2 is 1.92 bits per heavy atom. The Labute approximate surface area is 156 Å². The van der Waals surface area contributed by atoms with Crippen LogP contribution >= 0.6 is 11.8 Å². The third kappa shape index (κ3) is 4.00. The van der Waals surface area contributed by atoms with E-state index in [-0.39, 0.29) is 11.7 Å². The molecule has 1 amide bonds. The first kappa shape index (κ1) is 17.9. The van der Waals surface area contributed by atoms with Gasteiger partial charge >= 0.3 is 0 Å². The number of nitrogens with zero attached hydrogens (tertiary/aromatic N) is 5. The Morgan fingerprint density at radius 3 is 2.62 bits per heavy atom. The number of thioether (sulfide) groups is 1. The Bertz CT molecular complexity index is 879. The second kappa shape index (κ2) is 8.44. The number of anilines is 1. The predicted molar refractivity (Wildman–Crippen MR) is 104 cm³/mol. The van der Waals surface area contributed by atoms with Crippen LogP contribution in [0.2, 0.25) is 0 Å². The van der Waals surface area contributed by atoms with E-state index in [1.807, 2.05) is 47.0 Å². The van der Waals surface area contributed by atoms with Gasteiger partial charge in [0.2, 0.25) is 5.91 Å². The number of carbonyl (C=O) groups excluding carboxylic acids is 1. The quantitative estimate of drug-likeness (QED) is 0.475. The summed E-state index contributed by atoms with van der Waals surface area (Å²) in [5.41, 5.74) is 1.79. The van der Waals surface area contributed by atoms with Gasteiger partial charge in [-0.1, -0.05) is 36.0 Å². The molecule has 2 heterocycles. The Kier molecular flexibility index (Phi) is 5.80. The molecule has 0 saturated heterocycles. The van der Waals surface area contributed by atoms with Crippen LogP contribution < -0.4 is 4.90 Å². The van der Waals surface area contributed by atoms with E-state index in [2.05, 4.69) is 21.8 Å². The average Bonchev–Trinajstić information content (AvgIpc) is 3.10. The molecule has 3 aromatic rings. The van der Waals surface area contributed by atoms with Crippen LogP contribution in [0.1, 0.15) is 0 Å². The van der Waals surface area contributed by atoms with Gasteiger partial charge in [0, 0.05) is 37.2 Å². The van der Waals surface area contributed by atoms with Crippen molar-refractivity contribution in [2.24, 2.45) is 0 Å². The van der Waals surface area contributed by atoms with Crippen molar-refractivity contribution < 1.29 is 4.79 Å². The van der Waals surface area contributed by atoms with Crippen molar-refractivity contribution in [3.05, 3.63) is 67.5 Å². The van der Waals surface area contributed by atoms with Gasteiger partial charge in [-0.2, -0.15) is 0 Å². The van der Waals surface area contributed by atoms with Crippen LogP contribution in [0.15, 0.2) is 72.7 Å². The van der Waals surface area contributed by atoms with Crippen molar-refractivity contribution in [1.29, 1.82) is 0 Å².